The van der Waals surface area contributed by atoms with Crippen LogP contribution in [0, 0.1) is 27.9 Å². The van der Waals surface area contributed by atoms with Crippen LogP contribution in [-0.2, 0) is 5.41 Å². The molecular weight excluding hydrogens is 364 g/mol. The average Bonchev–Trinajstić information content (AvgIpc) is 3.10. The second-order valence-corrected chi connectivity index (χ2v) is 9.32. The van der Waals surface area contributed by atoms with Gasteiger partial charge in [-0.2, -0.15) is 0 Å². The van der Waals surface area contributed by atoms with E-state index < -0.39 is 10.8 Å². The van der Waals surface area contributed by atoms with E-state index in [1.54, 1.807) is 12.1 Å². The van der Waals surface area contributed by atoms with Crippen LogP contribution in [0.1, 0.15) is 53.9 Å². The molecule has 4 aliphatic rings. The van der Waals surface area contributed by atoms with Gasteiger partial charge in [0.15, 0.2) is 0 Å². The molecule has 6 rings (SSSR count). The van der Waals surface area contributed by atoms with Gasteiger partial charge in [0.1, 0.15) is 10.6 Å². The summed E-state index contributed by atoms with van der Waals surface area (Å²) in [6.45, 7) is 0. The third kappa shape index (κ3) is 2.82. The van der Waals surface area contributed by atoms with Crippen LogP contribution >= 0.6 is 11.3 Å². The third-order valence-corrected chi connectivity index (χ3v) is 7.57. The summed E-state index contributed by atoms with van der Waals surface area (Å²) in [5.41, 5.74) is -0.0383. The Labute approximate surface area is 160 Å². The molecule has 1 heterocycles. The highest BCUT2D eigenvalue weighted by molar-refractivity contribution is 7.15. The maximum atomic E-state index is 12.5. The third-order valence-electron chi connectivity index (χ3n) is 6.48. The lowest BCUT2D eigenvalue weighted by molar-refractivity contribution is -0.385. The fraction of sp³-hybridized carbons (Fsp3) is 0.526. The molecule has 1 N–H and O–H groups in total. The molecular formula is C19H20N4O3S. The van der Waals surface area contributed by atoms with Gasteiger partial charge in [-0.1, -0.05) is 23.5 Å². The Morgan fingerprint density at radius 3 is 2.37 bits per heavy atom. The summed E-state index contributed by atoms with van der Waals surface area (Å²) in [4.78, 5) is 23.1. The molecule has 0 saturated heterocycles. The molecule has 1 amide bonds. The van der Waals surface area contributed by atoms with Crippen molar-refractivity contribution in [3.05, 3.63) is 45.0 Å². The molecule has 7 nitrogen and oxygen atoms in total. The van der Waals surface area contributed by atoms with E-state index in [9.17, 15) is 14.9 Å². The highest BCUT2D eigenvalue weighted by Gasteiger charge is 2.53. The Balaban J connectivity index is 1.38. The molecule has 1 aromatic heterocycles. The Morgan fingerprint density at radius 1 is 1.11 bits per heavy atom. The number of nitrogens with one attached hydrogen (secondary N) is 1. The van der Waals surface area contributed by atoms with Crippen molar-refractivity contribution >= 4 is 28.1 Å². The summed E-state index contributed by atoms with van der Waals surface area (Å²) in [6.07, 6.45) is 7.64. The maximum absolute atomic E-state index is 12.5. The number of aromatic nitrogens is 2. The van der Waals surface area contributed by atoms with Crippen LogP contribution in [0.15, 0.2) is 24.3 Å². The topological polar surface area (TPSA) is 98.0 Å². The van der Waals surface area contributed by atoms with E-state index in [-0.39, 0.29) is 16.7 Å². The first kappa shape index (κ1) is 16.8. The van der Waals surface area contributed by atoms with E-state index in [4.69, 9.17) is 0 Å². The molecule has 0 aliphatic heterocycles. The minimum Gasteiger partial charge on any atom is -0.296 e. The molecule has 0 unspecified atom stereocenters. The zero-order valence-electron chi connectivity index (χ0n) is 14.8. The van der Waals surface area contributed by atoms with Gasteiger partial charge in [0.2, 0.25) is 5.13 Å². The minimum atomic E-state index is -0.546. The number of rotatable bonds is 4. The number of nitro benzene ring substituents is 1. The highest BCUT2D eigenvalue weighted by atomic mass is 32.1. The summed E-state index contributed by atoms with van der Waals surface area (Å²) >= 11 is 1.43. The number of carbonyl (C=O) groups excluding carboxylic acids is 1. The number of amides is 1. The van der Waals surface area contributed by atoms with Gasteiger partial charge in [-0.3, -0.25) is 20.2 Å². The number of benzene rings is 1. The number of nitro groups is 1. The summed E-state index contributed by atoms with van der Waals surface area (Å²) in [5, 5.41) is 23.9. The molecule has 4 fully saturated rings. The Morgan fingerprint density at radius 2 is 1.74 bits per heavy atom. The van der Waals surface area contributed by atoms with Crippen molar-refractivity contribution in [2.24, 2.45) is 17.8 Å². The van der Waals surface area contributed by atoms with Crippen molar-refractivity contribution in [1.29, 1.82) is 0 Å². The summed E-state index contributed by atoms with van der Waals surface area (Å²) < 4.78 is 0. The number of anilines is 1. The minimum absolute atomic E-state index is 0.0362. The van der Waals surface area contributed by atoms with E-state index in [0.29, 0.717) is 5.13 Å². The lowest BCUT2D eigenvalue weighted by atomic mass is 9.50. The first-order valence-corrected chi connectivity index (χ1v) is 10.2. The summed E-state index contributed by atoms with van der Waals surface area (Å²) in [6, 6.07) is 5.94. The molecule has 4 saturated carbocycles. The predicted octanol–water partition coefficient (Wildman–Crippen LogP) is 4.17. The van der Waals surface area contributed by atoms with Crippen molar-refractivity contribution in [1.82, 2.24) is 10.2 Å². The van der Waals surface area contributed by atoms with Crippen LogP contribution in [-0.4, -0.2) is 21.0 Å². The standard InChI is InChI=1S/C19H20N4O3S/c24-16(14-3-1-2-4-15(14)23(25)26)20-18-22-21-17(27-18)19-8-11-5-12(9-19)7-13(6-11)10-19/h1-4,11-13H,5-10H2,(H,20,22,24). The summed E-state index contributed by atoms with van der Waals surface area (Å²) in [7, 11) is 0. The van der Waals surface area contributed by atoms with Crippen LogP contribution in [0.5, 0.6) is 0 Å². The zero-order chi connectivity index (χ0) is 18.6. The van der Waals surface area contributed by atoms with Crippen LogP contribution in [0.2, 0.25) is 0 Å². The van der Waals surface area contributed by atoms with Crippen LogP contribution in [0.3, 0.4) is 0 Å². The van der Waals surface area contributed by atoms with Gasteiger partial charge < -0.3 is 0 Å². The van der Waals surface area contributed by atoms with Crippen LogP contribution in [0.25, 0.3) is 0 Å². The van der Waals surface area contributed by atoms with Gasteiger partial charge in [-0.15, -0.1) is 10.2 Å². The molecule has 2 aromatic rings. The Bertz CT molecular complexity index is 890. The van der Waals surface area contributed by atoms with Crippen molar-refractivity contribution in [2.75, 3.05) is 5.32 Å². The number of hydrogen-bond donors (Lipinski definition) is 1. The van der Waals surface area contributed by atoms with E-state index in [0.717, 1.165) is 22.8 Å². The zero-order valence-corrected chi connectivity index (χ0v) is 15.6. The fourth-order valence-corrected chi connectivity index (χ4v) is 6.81. The monoisotopic (exact) mass is 384 g/mol. The second kappa shape index (κ2) is 6.09. The van der Waals surface area contributed by atoms with Gasteiger partial charge in [0.25, 0.3) is 11.6 Å². The van der Waals surface area contributed by atoms with Crippen molar-refractivity contribution in [2.45, 2.75) is 43.9 Å². The summed E-state index contributed by atoms with van der Waals surface area (Å²) in [5.74, 6) is 1.91. The van der Waals surface area contributed by atoms with Crippen molar-refractivity contribution in [3.8, 4) is 0 Å². The van der Waals surface area contributed by atoms with E-state index in [1.807, 2.05) is 0 Å². The average molecular weight is 384 g/mol. The van der Waals surface area contributed by atoms with Crippen molar-refractivity contribution < 1.29 is 9.72 Å². The molecule has 8 heteroatoms. The predicted molar refractivity (Wildman–Crippen MR) is 101 cm³/mol. The number of hydrogen-bond acceptors (Lipinski definition) is 6. The van der Waals surface area contributed by atoms with Crippen LogP contribution < -0.4 is 5.32 Å². The van der Waals surface area contributed by atoms with Gasteiger partial charge in [0, 0.05) is 11.5 Å². The van der Waals surface area contributed by atoms with Gasteiger partial charge in [-0.05, 0) is 62.3 Å². The molecule has 27 heavy (non-hydrogen) atoms. The first-order chi connectivity index (χ1) is 13.0. The smallest absolute Gasteiger partial charge is 0.282 e. The number of carbonyl (C=O) groups is 1. The number of nitrogens with zero attached hydrogens (tertiary/aromatic N) is 3. The highest BCUT2D eigenvalue weighted by Crippen LogP contribution is 2.61. The lowest BCUT2D eigenvalue weighted by Crippen LogP contribution is -2.48. The van der Waals surface area contributed by atoms with Gasteiger partial charge in [0.05, 0.1) is 4.92 Å². The molecule has 0 atom stereocenters. The van der Waals surface area contributed by atoms with Gasteiger partial charge in [-0.25, -0.2) is 0 Å². The van der Waals surface area contributed by atoms with E-state index in [1.165, 1.54) is 62.0 Å². The normalized spacial score (nSPS) is 31.0. The molecule has 1 aromatic carbocycles. The largest absolute Gasteiger partial charge is 0.296 e. The Hall–Kier alpha value is -2.35. The maximum Gasteiger partial charge on any atom is 0.282 e. The quantitative estimate of drug-likeness (QED) is 0.630. The Kier molecular flexibility index (Phi) is 3.79. The molecule has 140 valence electrons. The van der Waals surface area contributed by atoms with Crippen molar-refractivity contribution in [3.63, 3.8) is 0 Å². The second-order valence-electron chi connectivity index (χ2n) is 8.34. The first-order valence-electron chi connectivity index (χ1n) is 9.41. The molecule has 0 spiro atoms. The fourth-order valence-electron chi connectivity index (χ4n) is 5.85. The molecule has 4 aliphatic carbocycles. The number of para-hydroxylation sites is 1. The SMILES string of the molecule is O=C(Nc1nnc(C23CC4CC(CC(C4)C2)C3)s1)c1ccccc1[N+](=O)[O-]. The van der Waals surface area contributed by atoms with Crippen LogP contribution in [0.4, 0.5) is 10.8 Å². The molecule has 4 bridgehead atoms. The lowest BCUT2D eigenvalue weighted by Gasteiger charge is -2.55. The van der Waals surface area contributed by atoms with Gasteiger partial charge >= 0.3 is 0 Å². The van der Waals surface area contributed by atoms with E-state index >= 15 is 0 Å². The van der Waals surface area contributed by atoms with E-state index in [2.05, 4.69) is 15.5 Å². The molecule has 0 radical (unpaired) electrons.